The predicted molar refractivity (Wildman–Crippen MR) is 83.9 cm³/mol. The summed E-state index contributed by atoms with van der Waals surface area (Å²) in [5, 5.41) is 20.2. The Balaban J connectivity index is 1.88. The van der Waals surface area contributed by atoms with Gasteiger partial charge in [-0.1, -0.05) is 6.92 Å². The van der Waals surface area contributed by atoms with Crippen LogP contribution in [0.5, 0.6) is 0 Å². The van der Waals surface area contributed by atoms with Crippen LogP contribution in [0.1, 0.15) is 38.4 Å². The van der Waals surface area contributed by atoms with Gasteiger partial charge in [0.05, 0.1) is 0 Å². The number of nitrogens with zero attached hydrogens (tertiary/aromatic N) is 4. The van der Waals surface area contributed by atoms with Gasteiger partial charge < -0.3 is 24.7 Å². The first-order valence-corrected chi connectivity index (χ1v) is 7.97. The Labute approximate surface area is 135 Å². The van der Waals surface area contributed by atoms with Crippen LogP contribution in [0.15, 0.2) is 6.20 Å². The van der Waals surface area contributed by atoms with E-state index in [0.29, 0.717) is 31.9 Å². The molecule has 0 aromatic carbocycles. The normalized spacial score (nSPS) is 17.3. The zero-order chi connectivity index (χ0) is 17.0. The number of hydrogen-bond donors (Lipinski definition) is 1. The van der Waals surface area contributed by atoms with Crippen molar-refractivity contribution in [2.45, 2.75) is 46.1 Å². The number of aliphatic hydroxyl groups is 1. The largest absolute Gasteiger partial charge is 0.396 e. The van der Waals surface area contributed by atoms with Crippen molar-refractivity contribution in [2.24, 2.45) is 5.41 Å². The smallest absolute Gasteiger partial charge is 0.381 e. The average molecular weight is 324 g/mol. The van der Waals surface area contributed by atoms with E-state index in [9.17, 15) is 20.0 Å². The highest BCUT2D eigenvalue weighted by molar-refractivity contribution is 5.76. The molecule has 0 radical (unpaired) electrons. The van der Waals surface area contributed by atoms with Crippen molar-refractivity contribution in [3.05, 3.63) is 22.1 Å². The van der Waals surface area contributed by atoms with E-state index in [1.165, 1.54) is 6.20 Å². The summed E-state index contributed by atoms with van der Waals surface area (Å²) >= 11 is 0. The molecule has 0 saturated carbocycles. The number of aromatic nitrogens is 2. The lowest BCUT2D eigenvalue weighted by Crippen LogP contribution is -2.44. The van der Waals surface area contributed by atoms with Crippen LogP contribution in [0.3, 0.4) is 0 Å². The minimum Gasteiger partial charge on any atom is -0.396 e. The van der Waals surface area contributed by atoms with Crippen LogP contribution in [-0.4, -0.2) is 50.1 Å². The predicted octanol–water partition coefficient (Wildman–Crippen LogP) is 1.50. The monoisotopic (exact) mass is 324 g/mol. The zero-order valence-electron chi connectivity index (χ0n) is 13.7. The van der Waals surface area contributed by atoms with Gasteiger partial charge in [0.15, 0.2) is 0 Å². The van der Waals surface area contributed by atoms with E-state index in [0.717, 1.165) is 19.3 Å². The molecule has 1 aliphatic heterocycles. The molecule has 2 heterocycles. The van der Waals surface area contributed by atoms with E-state index < -0.39 is 4.92 Å². The first kappa shape index (κ1) is 17.4. The molecule has 8 heteroatoms. The van der Waals surface area contributed by atoms with Gasteiger partial charge in [-0.15, -0.1) is 0 Å². The molecule has 1 amide bonds. The number of piperidine rings is 1. The number of aliphatic hydroxyl groups excluding tert-OH is 1. The summed E-state index contributed by atoms with van der Waals surface area (Å²) in [6, 6.07) is 0. The average Bonchev–Trinajstić information content (AvgIpc) is 2.94. The number of carbonyl (C=O) groups excluding carboxylic acids is 1. The summed E-state index contributed by atoms with van der Waals surface area (Å²) in [5.41, 5.74) is -0.0433. The molecule has 1 aromatic heterocycles. The molecule has 0 spiro atoms. The molecule has 1 N–H and O–H groups in total. The molecule has 0 unspecified atom stereocenters. The molecular weight excluding hydrogens is 300 g/mol. The van der Waals surface area contributed by atoms with Crippen molar-refractivity contribution in [1.29, 1.82) is 0 Å². The number of imidazole rings is 1. The fourth-order valence-electron chi connectivity index (χ4n) is 3.03. The third kappa shape index (κ3) is 3.87. The molecule has 2 rings (SSSR count). The molecule has 1 aromatic rings. The lowest BCUT2D eigenvalue weighted by molar-refractivity contribution is -0.389. The maximum atomic E-state index is 12.3. The molecular formula is C15H24N4O4. The second-order valence-electron chi connectivity index (χ2n) is 6.24. The van der Waals surface area contributed by atoms with Crippen LogP contribution < -0.4 is 0 Å². The summed E-state index contributed by atoms with van der Waals surface area (Å²) in [6.07, 6.45) is 4.23. The number of rotatable bonds is 6. The van der Waals surface area contributed by atoms with Crippen molar-refractivity contribution < 1.29 is 14.8 Å². The molecule has 1 aliphatic rings. The maximum Gasteiger partial charge on any atom is 0.381 e. The van der Waals surface area contributed by atoms with E-state index in [-0.39, 0.29) is 23.7 Å². The minimum atomic E-state index is -0.533. The lowest BCUT2D eigenvalue weighted by atomic mass is 9.77. The summed E-state index contributed by atoms with van der Waals surface area (Å²) in [7, 11) is 0. The quantitative estimate of drug-likeness (QED) is 0.631. The van der Waals surface area contributed by atoms with E-state index in [1.807, 2.05) is 4.90 Å². The first-order chi connectivity index (χ1) is 10.9. The number of hydrogen-bond acceptors (Lipinski definition) is 5. The van der Waals surface area contributed by atoms with Gasteiger partial charge in [-0.05, 0) is 34.6 Å². The summed E-state index contributed by atoms with van der Waals surface area (Å²) in [5.74, 6) is 0.389. The third-order valence-corrected chi connectivity index (χ3v) is 4.98. The molecule has 1 fully saturated rings. The minimum absolute atomic E-state index is 0.0433. The summed E-state index contributed by atoms with van der Waals surface area (Å²) < 4.78 is 1.64. The Morgan fingerprint density at radius 2 is 2.13 bits per heavy atom. The Bertz CT molecular complexity index is 570. The molecule has 23 heavy (non-hydrogen) atoms. The van der Waals surface area contributed by atoms with E-state index in [1.54, 1.807) is 11.5 Å². The van der Waals surface area contributed by atoms with E-state index in [2.05, 4.69) is 11.9 Å². The molecule has 8 nitrogen and oxygen atoms in total. The second-order valence-corrected chi connectivity index (χ2v) is 6.24. The Morgan fingerprint density at radius 3 is 2.61 bits per heavy atom. The van der Waals surface area contributed by atoms with Crippen LogP contribution >= 0.6 is 0 Å². The van der Waals surface area contributed by atoms with Crippen molar-refractivity contribution in [2.75, 3.05) is 19.7 Å². The first-order valence-electron chi connectivity index (χ1n) is 7.97. The molecule has 1 saturated heterocycles. The molecule has 0 aliphatic carbocycles. The van der Waals surface area contributed by atoms with Crippen LogP contribution in [0, 0.1) is 22.5 Å². The highest BCUT2D eigenvalue weighted by atomic mass is 16.6. The van der Waals surface area contributed by atoms with Gasteiger partial charge in [0.25, 0.3) is 0 Å². The molecule has 0 atom stereocenters. The van der Waals surface area contributed by atoms with Crippen molar-refractivity contribution in [3.8, 4) is 0 Å². The Hall–Kier alpha value is -1.96. The fourth-order valence-corrected chi connectivity index (χ4v) is 3.03. The van der Waals surface area contributed by atoms with Gasteiger partial charge >= 0.3 is 5.82 Å². The SMILES string of the molecule is CCC1(CO)CCN(C(=O)CCn2cc([N+](=O)[O-])nc2C)CC1. The maximum absolute atomic E-state index is 12.3. The molecule has 0 bridgehead atoms. The van der Waals surface area contributed by atoms with Crippen LogP contribution in [0.4, 0.5) is 5.82 Å². The summed E-state index contributed by atoms with van der Waals surface area (Å²) in [6.45, 7) is 5.65. The highest BCUT2D eigenvalue weighted by Gasteiger charge is 2.33. The number of likely N-dealkylation sites (tertiary alicyclic amines) is 1. The Kier molecular flexibility index (Phi) is 5.35. The lowest BCUT2D eigenvalue weighted by Gasteiger charge is -2.40. The van der Waals surface area contributed by atoms with Gasteiger partial charge in [0.1, 0.15) is 6.20 Å². The second kappa shape index (κ2) is 7.08. The number of amides is 1. The van der Waals surface area contributed by atoms with Crippen LogP contribution in [0.25, 0.3) is 0 Å². The number of carbonyl (C=O) groups is 1. The van der Waals surface area contributed by atoms with E-state index in [4.69, 9.17) is 0 Å². The van der Waals surface area contributed by atoms with Crippen molar-refractivity contribution >= 4 is 11.7 Å². The van der Waals surface area contributed by atoms with Gasteiger partial charge in [-0.3, -0.25) is 4.79 Å². The van der Waals surface area contributed by atoms with Crippen molar-refractivity contribution in [1.82, 2.24) is 14.5 Å². The van der Waals surface area contributed by atoms with Crippen LogP contribution in [0.2, 0.25) is 0 Å². The van der Waals surface area contributed by atoms with Gasteiger partial charge in [-0.25, -0.2) is 0 Å². The fraction of sp³-hybridized carbons (Fsp3) is 0.733. The topological polar surface area (TPSA) is 102 Å². The van der Waals surface area contributed by atoms with E-state index >= 15 is 0 Å². The van der Waals surface area contributed by atoms with Gasteiger partial charge in [0, 0.05) is 39.6 Å². The van der Waals surface area contributed by atoms with Crippen molar-refractivity contribution in [3.63, 3.8) is 0 Å². The highest BCUT2D eigenvalue weighted by Crippen LogP contribution is 2.34. The number of aryl methyl sites for hydroxylation is 2. The zero-order valence-corrected chi connectivity index (χ0v) is 13.7. The third-order valence-electron chi connectivity index (χ3n) is 4.98. The number of nitro groups is 1. The standard InChI is InChI=1S/C15H24N4O4/c1-3-15(11-20)5-8-17(9-6-15)14(21)4-7-18-10-13(19(22)23)16-12(18)2/h10,20H,3-9,11H2,1-2H3. The summed E-state index contributed by atoms with van der Waals surface area (Å²) in [4.78, 5) is 28.2. The Morgan fingerprint density at radius 1 is 1.48 bits per heavy atom. The molecule has 128 valence electrons. The van der Waals surface area contributed by atoms with Gasteiger partial charge in [0.2, 0.25) is 11.7 Å². The van der Waals surface area contributed by atoms with Gasteiger partial charge in [-0.2, -0.15) is 0 Å². The van der Waals surface area contributed by atoms with Crippen LogP contribution in [-0.2, 0) is 11.3 Å².